The van der Waals surface area contributed by atoms with Crippen LogP contribution < -0.4 is 11.1 Å². The molecule has 8 nitrogen and oxygen atoms in total. The largest absolute Gasteiger partial charge is 0.464 e. The summed E-state index contributed by atoms with van der Waals surface area (Å²) in [6.07, 6.45) is 0.931. The number of nitrogens with two attached hydrogens (primary N) is 1. The molecule has 0 spiro atoms. The van der Waals surface area contributed by atoms with Gasteiger partial charge in [-0.25, -0.2) is 9.59 Å². The van der Waals surface area contributed by atoms with E-state index in [1.807, 2.05) is 0 Å². The van der Waals surface area contributed by atoms with Crippen LogP contribution in [0.2, 0.25) is 0 Å². The maximum Gasteiger partial charge on any atom is 0.409 e. The minimum absolute atomic E-state index is 0. The Kier molecular flexibility index (Phi) is 10.5. The molecule has 23 heavy (non-hydrogen) atoms. The number of nitrogens with one attached hydrogen (secondary N) is 1. The van der Waals surface area contributed by atoms with E-state index >= 15 is 0 Å². The Labute approximate surface area is 142 Å². The molecule has 1 heterocycles. The highest BCUT2D eigenvalue weighted by molar-refractivity contribution is 6.04. The number of nitrogens with zero attached hydrogens (tertiary/aromatic N) is 1. The average molecular weight is 352 g/mol. The zero-order valence-electron chi connectivity index (χ0n) is 13.6. The van der Waals surface area contributed by atoms with Crippen LogP contribution in [0.4, 0.5) is 4.79 Å². The van der Waals surface area contributed by atoms with Crippen LogP contribution in [-0.4, -0.2) is 67.7 Å². The summed E-state index contributed by atoms with van der Waals surface area (Å²) < 4.78 is 9.84. The molecule has 1 atom stereocenters. The van der Waals surface area contributed by atoms with Gasteiger partial charge in [0.2, 0.25) is 0 Å². The van der Waals surface area contributed by atoms with Crippen molar-refractivity contribution >= 4 is 30.3 Å². The molecule has 1 saturated heterocycles. The number of ether oxygens (including phenoxy) is 2. The Hall–Kier alpha value is -1.38. The number of halogens is 1. The van der Waals surface area contributed by atoms with E-state index in [2.05, 4.69) is 5.32 Å². The number of Topliss-reactive ketones (excluding diaryl/α,β-unsaturated/α-hetero) is 1. The third-order valence-electron chi connectivity index (χ3n) is 3.47. The van der Waals surface area contributed by atoms with E-state index < -0.39 is 17.8 Å². The van der Waals surface area contributed by atoms with Crippen LogP contribution in [0.15, 0.2) is 0 Å². The maximum absolute atomic E-state index is 11.8. The molecule has 1 amide bonds. The minimum atomic E-state index is -1.04. The second-order valence-electron chi connectivity index (χ2n) is 4.98. The third-order valence-corrected chi connectivity index (χ3v) is 3.47. The fourth-order valence-corrected chi connectivity index (χ4v) is 2.32. The summed E-state index contributed by atoms with van der Waals surface area (Å²) in [6.45, 7) is 4.79. The van der Waals surface area contributed by atoms with Gasteiger partial charge in [0, 0.05) is 19.1 Å². The van der Waals surface area contributed by atoms with Crippen LogP contribution in [0.5, 0.6) is 0 Å². The van der Waals surface area contributed by atoms with Crippen LogP contribution >= 0.6 is 12.4 Å². The summed E-state index contributed by atoms with van der Waals surface area (Å²) in [6, 6.07) is -1.08. The zero-order valence-corrected chi connectivity index (χ0v) is 14.4. The van der Waals surface area contributed by atoms with Crippen molar-refractivity contribution in [3.05, 3.63) is 0 Å². The van der Waals surface area contributed by atoms with E-state index in [0.29, 0.717) is 32.5 Å². The van der Waals surface area contributed by atoms with Crippen LogP contribution in [-0.2, 0) is 19.1 Å². The fraction of sp³-hybridized carbons (Fsp3) is 0.786. The SMILES string of the molecule is CCOC(=O)C(NC1CCN(C(=O)OCC)CC1)C(=O)CN.Cl. The molecule has 0 aliphatic carbocycles. The lowest BCUT2D eigenvalue weighted by Crippen LogP contribution is -2.54. The lowest BCUT2D eigenvalue weighted by molar-refractivity contribution is -0.148. The molecule has 0 aromatic carbocycles. The van der Waals surface area contributed by atoms with E-state index in [1.165, 1.54) is 0 Å². The number of hydrogen-bond acceptors (Lipinski definition) is 7. The third kappa shape index (κ3) is 6.72. The number of hydrogen-bond donors (Lipinski definition) is 2. The first-order chi connectivity index (χ1) is 10.5. The first kappa shape index (κ1) is 21.6. The molecule has 1 aliphatic heterocycles. The Morgan fingerprint density at radius 3 is 2.22 bits per heavy atom. The first-order valence-corrected chi connectivity index (χ1v) is 7.60. The van der Waals surface area contributed by atoms with Crippen molar-refractivity contribution in [2.24, 2.45) is 5.73 Å². The molecule has 0 aromatic rings. The van der Waals surface area contributed by atoms with E-state index in [1.54, 1.807) is 18.7 Å². The van der Waals surface area contributed by atoms with Crippen molar-refractivity contribution in [3.63, 3.8) is 0 Å². The average Bonchev–Trinajstić information content (AvgIpc) is 2.52. The summed E-state index contributed by atoms with van der Waals surface area (Å²) in [5, 5.41) is 3.00. The van der Waals surface area contributed by atoms with Gasteiger partial charge < -0.3 is 20.1 Å². The van der Waals surface area contributed by atoms with Gasteiger partial charge in [-0.15, -0.1) is 12.4 Å². The van der Waals surface area contributed by atoms with Gasteiger partial charge in [0.1, 0.15) is 0 Å². The Morgan fingerprint density at radius 2 is 1.74 bits per heavy atom. The molecule has 1 rings (SSSR count). The van der Waals surface area contributed by atoms with E-state index in [0.717, 1.165) is 0 Å². The predicted molar refractivity (Wildman–Crippen MR) is 86.5 cm³/mol. The lowest BCUT2D eigenvalue weighted by atomic mass is 10.0. The second kappa shape index (κ2) is 11.2. The van der Waals surface area contributed by atoms with Crippen LogP contribution in [0.3, 0.4) is 0 Å². The van der Waals surface area contributed by atoms with Gasteiger partial charge in [0.15, 0.2) is 11.8 Å². The van der Waals surface area contributed by atoms with Crippen molar-refractivity contribution < 1.29 is 23.9 Å². The van der Waals surface area contributed by atoms with Crippen LogP contribution in [0.25, 0.3) is 0 Å². The zero-order chi connectivity index (χ0) is 16.5. The molecule has 9 heteroatoms. The highest BCUT2D eigenvalue weighted by atomic mass is 35.5. The molecule has 0 aromatic heterocycles. The van der Waals surface area contributed by atoms with Gasteiger partial charge in [-0.05, 0) is 26.7 Å². The van der Waals surface area contributed by atoms with Crippen molar-refractivity contribution in [1.29, 1.82) is 0 Å². The van der Waals surface area contributed by atoms with Gasteiger partial charge in [0.05, 0.1) is 19.8 Å². The summed E-state index contributed by atoms with van der Waals surface area (Å²) in [5.74, 6) is -1.00. The standard InChI is InChI=1S/C14H25N3O5.ClH/c1-3-21-13(19)12(11(18)9-15)16-10-5-7-17(8-6-10)14(20)22-4-2;/h10,12,16H,3-9,15H2,1-2H3;1H. The monoisotopic (exact) mass is 351 g/mol. The van der Waals surface area contributed by atoms with E-state index in [-0.39, 0.29) is 37.7 Å². The highest BCUT2D eigenvalue weighted by Crippen LogP contribution is 2.12. The molecule has 1 fully saturated rings. The van der Waals surface area contributed by atoms with Gasteiger partial charge >= 0.3 is 12.1 Å². The van der Waals surface area contributed by atoms with Crippen LogP contribution in [0.1, 0.15) is 26.7 Å². The Balaban J connectivity index is 0.00000484. The molecular formula is C14H26ClN3O5. The number of ketones is 1. The molecular weight excluding hydrogens is 326 g/mol. The van der Waals surface area contributed by atoms with Crippen LogP contribution in [0, 0.1) is 0 Å². The molecule has 3 N–H and O–H groups in total. The molecule has 0 bridgehead atoms. The molecule has 134 valence electrons. The summed E-state index contributed by atoms with van der Waals surface area (Å²) in [4.78, 5) is 36.8. The van der Waals surface area contributed by atoms with Gasteiger partial charge in [0.25, 0.3) is 0 Å². The summed E-state index contributed by atoms with van der Waals surface area (Å²) in [7, 11) is 0. The first-order valence-electron chi connectivity index (χ1n) is 7.60. The van der Waals surface area contributed by atoms with E-state index in [9.17, 15) is 14.4 Å². The van der Waals surface area contributed by atoms with Gasteiger partial charge in [-0.1, -0.05) is 0 Å². The molecule has 1 aliphatic rings. The molecule has 1 unspecified atom stereocenters. The number of piperidine rings is 1. The molecule has 0 saturated carbocycles. The predicted octanol–water partition coefficient (Wildman–Crippen LogP) is 0.0782. The number of carbonyl (C=O) groups excluding carboxylic acids is 3. The summed E-state index contributed by atoms with van der Waals surface area (Å²) in [5.41, 5.74) is 5.34. The second-order valence-corrected chi connectivity index (χ2v) is 4.98. The van der Waals surface area contributed by atoms with Crippen molar-refractivity contribution in [2.45, 2.75) is 38.8 Å². The highest BCUT2D eigenvalue weighted by Gasteiger charge is 2.31. The topological polar surface area (TPSA) is 111 Å². The van der Waals surface area contributed by atoms with E-state index in [4.69, 9.17) is 15.2 Å². The fourth-order valence-electron chi connectivity index (χ4n) is 2.32. The smallest absolute Gasteiger partial charge is 0.409 e. The van der Waals surface area contributed by atoms with Gasteiger partial charge in [-0.2, -0.15) is 0 Å². The normalized spacial score (nSPS) is 16.2. The van der Waals surface area contributed by atoms with Crippen molar-refractivity contribution in [3.8, 4) is 0 Å². The van der Waals surface area contributed by atoms with Crippen molar-refractivity contribution in [1.82, 2.24) is 10.2 Å². The summed E-state index contributed by atoms with van der Waals surface area (Å²) >= 11 is 0. The number of esters is 1. The minimum Gasteiger partial charge on any atom is -0.464 e. The van der Waals surface area contributed by atoms with Crippen molar-refractivity contribution in [2.75, 3.05) is 32.8 Å². The number of likely N-dealkylation sites (tertiary alicyclic amines) is 1. The quantitative estimate of drug-likeness (QED) is 0.493. The lowest BCUT2D eigenvalue weighted by Gasteiger charge is -2.33. The van der Waals surface area contributed by atoms with Gasteiger partial charge in [-0.3, -0.25) is 10.1 Å². The number of amides is 1. The number of rotatable bonds is 7. The number of carbonyl (C=O) groups is 3. The Morgan fingerprint density at radius 1 is 1.17 bits per heavy atom. The maximum atomic E-state index is 11.8. The molecule has 0 radical (unpaired) electrons. The Bertz CT molecular complexity index is 400.